The number of aliphatic hydroxyl groups is 1. The van der Waals surface area contributed by atoms with Gasteiger partial charge in [0.1, 0.15) is 42.8 Å². The van der Waals surface area contributed by atoms with Crippen molar-refractivity contribution >= 4 is 57.2 Å². The number of halogens is 2. The van der Waals surface area contributed by atoms with Crippen LogP contribution in [0.15, 0.2) is 97.6 Å². The summed E-state index contributed by atoms with van der Waals surface area (Å²) in [5.74, 6) is 1.91. The van der Waals surface area contributed by atoms with Gasteiger partial charge in [-0.1, -0.05) is 80.6 Å². The van der Waals surface area contributed by atoms with E-state index in [9.17, 15) is 9.59 Å². The fourth-order valence-electron chi connectivity index (χ4n) is 10.1. The fourth-order valence-corrected chi connectivity index (χ4v) is 10.4. The highest BCUT2D eigenvalue weighted by atomic mass is 35.5. The maximum Gasteiger partial charge on any atom is 0.410 e. The molecule has 2 atom stereocenters. The van der Waals surface area contributed by atoms with Crippen molar-refractivity contribution in [2.45, 2.75) is 96.7 Å². The van der Waals surface area contributed by atoms with Crippen LogP contribution in [-0.2, 0) is 33.6 Å². The number of amides is 2. The number of carbonyl (C=O) groups excluding carboxylic acids is 2. The third-order valence-electron chi connectivity index (χ3n) is 13.9. The molecule has 77 heavy (non-hydrogen) atoms. The maximum atomic E-state index is 13.2. The van der Waals surface area contributed by atoms with Crippen molar-refractivity contribution in [1.29, 1.82) is 0 Å². The van der Waals surface area contributed by atoms with Gasteiger partial charge in [0.25, 0.3) is 0 Å². The summed E-state index contributed by atoms with van der Waals surface area (Å²) in [6.45, 7) is 10.2. The van der Waals surface area contributed by atoms with Crippen molar-refractivity contribution in [2.75, 3.05) is 72.9 Å². The maximum absolute atomic E-state index is 13.2. The number of carbonyl (C=O) groups is 2. The minimum atomic E-state index is -0.360. The van der Waals surface area contributed by atoms with E-state index in [1.165, 1.54) is 11.1 Å². The largest absolute Gasteiger partial charge is 0.494 e. The number of fused-ring (bicyclic) bond motifs is 6. The number of aromatic amines is 2. The van der Waals surface area contributed by atoms with Gasteiger partial charge in [-0.15, -0.1) is 0 Å². The molecule has 9 rings (SSSR count). The SMILES string of the molecule is CC(C)COC(=O)N1CCc2c([nH]c3ccc(Cl)cc23)C1c1ccc(OCCCCCCn2cncn2)cc1.COCCOC(=O)N1CCc2c([nH]c3ccc(Cl)cc23)C1c1ccc(OCCCCCCNCCO)cc1. The molecule has 3 aromatic heterocycles. The number of unbranched alkanes of at least 4 members (excludes halogenated alkanes) is 6. The van der Waals surface area contributed by atoms with E-state index in [2.05, 4.69) is 37.5 Å². The van der Waals surface area contributed by atoms with Crippen LogP contribution < -0.4 is 14.8 Å². The first-order valence-corrected chi connectivity index (χ1v) is 27.9. The first-order chi connectivity index (χ1) is 37.6. The second-order valence-electron chi connectivity index (χ2n) is 20.0. The van der Waals surface area contributed by atoms with E-state index >= 15 is 0 Å². The molecule has 18 heteroatoms. The molecule has 0 fully saturated rings. The Bertz CT molecular complexity index is 2930. The Balaban J connectivity index is 0.000000204. The highest BCUT2D eigenvalue weighted by Gasteiger charge is 2.37. The molecule has 2 aliphatic rings. The van der Waals surface area contributed by atoms with E-state index in [0.717, 1.165) is 127 Å². The number of ether oxygens (including phenoxy) is 5. The Morgan fingerprint density at radius 1 is 0.675 bits per heavy atom. The molecular formula is C59H74Cl2N8O8. The van der Waals surface area contributed by atoms with E-state index in [1.807, 2.05) is 96.2 Å². The molecule has 0 spiro atoms. The topological polar surface area (TPSA) is 181 Å². The number of hydrogen-bond acceptors (Lipinski definition) is 11. The van der Waals surface area contributed by atoms with Crippen molar-refractivity contribution in [1.82, 2.24) is 39.8 Å². The van der Waals surface area contributed by atoms with Crippen molar-refractivity contribution in [3.63, 3.8) is 0 Å². The lowest BCUT2D eigenvalue weighted by molar-refractivity contribution is 0.0629. The minimum absolute atomic E-state index is 0.182. The monoisotopic (exact) mass is 1090 g/mol. The van der Waals surface area contributed by atoms with E-state index in [1.54, 1.807) is 24.7 Å². The fraction of sp³-hybridized carbons (Fsp3) is 0.458. The van der Waals surface area contributed by atoms with E-state index < -0.39 is 0 Å². The average molecular weight is 1090 g/mol. The van der Waals surface area contributed by atoms with Gasteiger partial charge in [-0.25, -0.2) is 14.6 Å². The zero-order valence-electron chi connectivity index (χ0n) is 44.6. The molecule has 0 radical (unpaired) electrons. The number of benzene rings is 4. The highest BCUT2D eigenvalue weighted by molar-refractivity contribution is 6.31. The van der Waals surface area contributed by atoms with Crippen molar-refractivity contribution in [2.24, 2.45) is 5.92 Å². The van der Waals surface area contributed by atoms with Crippen LogP contribution in [0.5, 0.6) is 11.5 Å². The quantitative estimate of drug-likeness (QED) is 0.0400. The standard InChI is InChI=1S/C30H36ClN5O3.C29H38ClN3O5/c1-21(2)18-39-30(37)36-15-13-25-26-17-23(31)9-12-27(26)34-28(25)29(36)22-7-10-24(11-8-22)38-16-6-4-3-5-14-35-20-32-19-33-35;1-36-18-19-38-29(35)33-15-12-24-25-20-22(30)8-11-26(25)32-27(24)28(33)21-6-9-23(10-7-21)37-17-5-3-2-4-13-31-14-16-34/h7-12,17,19-21,29,34H,3-6,13-16,18H2,1-2H3;6-11,20,28,31-32,34H,2-5,12-19H2,1H3. The summed E-state index contributed by atoms with van der Waals surface area (Å²) < 4.78 is 30.1. The van der Waals surface area contributed by atoms with Gasteiger partial charge < -0.3 is 44.1 Å². The smallest absolute Gasteiger partial charge is 0.410 e. The van der Waals surface area contributed by atoms with Crippen molar-refractivity contribution in [3.05, 3.63) is 141 Å². The zero-order valence-corrected chi connectivity index (χ0v) is 46.1. The molecule has 2 unspecified atom stereocenters. The van der Waals surface area contributed by atoms with Gasteiger partial charge in [0, 0.05) is 76.5 Å². The number of aromatic nitrogens is 5. The molecule has 0 aliphatic carbocycles. The molecule has 0 saturated carbocycles. The Kier molecular flexibility index (Phi) is 21.3. The van der Waals surface area contributed by atoms with Crippen LogP contribution in [0.4, 0.5) is 9.59 Å². The number of methoxy groups -OCH3 is 1. The molecule has 16 nitrogen and oxygen atoms in total. The zero-order chi connectivity index (χ0) is 53.9. The summed E-state index contributed by atoms with van der Waals surface area (Å²) in [6, 6.07) is 27.2. The van der Waals surface area contributed by atoms with Crippen LogP contribution in [0.1, 0.15) is 111 Å². The minimum Gasteiger partial charge on any atom is -0.494 e. The number of aliphatic hydroxyl groups excluding tert-OH is 1. The molecule has 412 valence electrons. The predicted octanol–water partition coefficient (Wildman–Crippen LogP) is 11.9. The number of nitrogens with zero attached hydrogens (tertiary/aromatic N) is 5. The number of H-pyrrole nitrogens is 2. The average Bonchev–Trinajstić information content (AvgIpc) is 4.20. The molecule has 4 aromatic carbocycles. The van der Waals surface area contributed by atoms with Crippen molar-refractivity contribution in [3.8, 4) is 11.5 Å². The first-order valence-electron chi connectivity index (χ1n) is 27.2. The molecule has 5 heterocycles. The summed E-state index contributed by atoms with van der Waals surface area (Å²) in [5, 5.41) is 19.7. The first kappa shape index (κ1) is 56.9. The molecule has 0 saturated heterocycles. The van der Waals surface area contributed by atoms with Gasteiger partial charge in [-0.2, -0.15) is 5.10 Å². The summed E-state index contributed by atoms with van der Waals surface area (Å²) >= 11 is 12.6. The lowest BCUT2D eigenvalue weighted by atomic mass is 9.92. The van der Waals surface area contributed by atoms with Crippen LogP contribution in [0.3, 0.4) is 0 Å². The number of nitrogens with one attached hydrogen (secondary N) is 3. The van der Waals surface area contributed by atoms with Crippen LogP contribution >= 0.6 is 23.2 Å². The lowest BCUT2D eigenvalue weighted by Gasteiger charge is -2.35. The van der Waals surface area contributed by atoms with Gasteiger partial charge in [-0.05, 0) is 140 Å². The Labute approximate surface area is 461 Å². The Morgan fingerprint density at radius 2 is 1.21 bits per heavy atom. The van der Waals surface area contributed by atoms with Crippen molar-refractivity contribution < 1.29 is 38.4 Å². The molecular weight excluding hydrogens is 1020 g/mol. The van der Waals surface area contributed by atoms with Gasteiger partial charge in [-0.3, -0.25) is 14.5 Å². The van der Waals surface area contributed by atoms with Gasteiger partial charge in [0.2, 0.25) is 0 Å². The van der Waals surface area contributed by atoms with Gasteiger partial charge in [0.15, 0.2) is 0 Å². The molecule has 2 amide bonds. The molecule has 4 N–H and O–H groups in total. The second-order valence-corrected chi connectivity index (χ2v) is 20.9. The normalized spacial score (nSPS) is 15.1. The Morgan fingerprint density at radius 3 is 1.71 bits per heavy atom. The highest BCUT2D eigenvalue weighted by Crippen LogP contribution is 2.42. The van der Waals surface area contributed by atoms with E-state index in [4.69, 9.17) is 52.0 Å². The number of aryl methyl sites for hydroxylation is 1. The third kappa shape index (κ3) is 15.5. The summed E-state index contributed by atoms with van der Waals surface area (Å²) in [5.41, 5.74) is 8.40. The molecule has 2 aliphatic heterocycles. The van der Waals surface area contributed by atoms with Crippen LogP contribution in [0, 0.1) is 5.92 Å². The summed E-state index contributed by atoms with van der Waals surface area (Å²) in [7, 11) is 1.58. The summed E-state index contributed by atoms with van der Waals surface area (Å²) in [6.07, 6.45) is 12.8. The molecule has 0 bridgehead atoms. The molecule has 7 aromatic rings. The van der Waals surface area contributed by atoms with E-state index in [0.29, 0.717) is 62.5 Å². The predicted molar refractivity (Wildman–Crippen MR) is 301 cm³/mol. The summed E-state index contributed by atoms with van der Waals surface area (Å²) in [4.78, 5) is 41.0. The lowest BCUT2D eigenvalue weighted by Crippen LogP contribution is -2.41. The van der Waals surface area contributed by atoms with E-state index in [-0.39, 0.29) is 43.4 Å². The van der Waals surface area contributed by atoms with Crippen LogP contribution in [-0.4, -0.2) is 125 Å². The number of hydrogen-bond donors (Lipinski definition) is 4. The number of rotatable bonds is 25. The van der Waals surface area contributed by atoms with Crippen LogP contribution in [0.25, 0.3) is 21.8 Å². The van der Waals surface area contributed by atoms with Crippen LogP contribution in [0.2, 0.25) is 10.0 Å². The second kappa shape index (κ2) is 28.9. The van der Waals surface area contributed by atoms with Gasteiger partial charge >= 0.3 is 12.2 Å². The third-order valence-corrected chi connectivity index (χ3v) is 14.4. The Hall–Kier alpha value is -6.30. The van der Waals surface area contributed by atoms with Gasteiger partial charge in [0.05, 0.1) is 33.0 Å².